The molecule has 0 radical (unpaired) electrons. The Labute approximate surface area is 167 Å². The first-order chi connectivity index (χ1) is 13.9. The average Bonchev–Trinajstić information content (AvgIpc) is 3.17. The van der Waals surface area contributed by atoms with Crippen LogP contribution in [0.1, 0.15) is 24.1 Å². The zero-order chi connectivity index (χ0) is 20.7. The molecule has 2 fully saturated rings. The van der Waals surface area contributed by atoms with E-state index in [1.165, 1.54) is 17.2 Å². The Kier molecular flexibility index (Phi) is 4.81. The number of imide groups is 1. The SMILES string of the molecule is CCc1ccc(N2C(=O)C3ON(CC(N)=O)C(c4cccc(O)c4)C3C2=O)cc1. The smallest absolute Gasteiger partial charge is 0.265 e. The fourth-order valence-electron chi connectivity index (χ4n) is 3.98. The van der Waals surface area contributed by atoms with Crippen LogP contribution >= 0.6 is 0 Å². The summed E-state index contributed by atoms with van der Waals surface area (Å²) in [4.78, 5) is 44.6. The van der Waals surface area contributed by atoms with E-state index in [0.29, 0.717) is 11.3 Å². The normalized spacial score (nSPS) is 24.2. The summed E-state index contributed by atoms with van der Waals surface area (Å²) >= 11 is 0. The third-order valence-corrected chi connectivity index (χ3v) is 5.32. The molecule has 0 bridgehead atoms. The van der Waals surface area contributed by atoms with Gasteiger partial charge < -0.3 is 10.8 Å². The second-order valence-electron chi connectivity index (χ2n) is 7.17. The summed E-state index contributed by atoms with van der Waals surface area (Å²) in [5, 5.41) is 11.1. The highest BCUT2D eigenvalue weighted by Crippen LogP contribution is 2.45. The van der Waals surface area contributed by atoms with Gasteiger partial charge in [0.05, 0.1) is 17.6 Å². The number of aromatic hydroxyl groups is 1. The number of benzene rings is 2. The van der Waals surface area contributed by atoms with Crippen molar-refractivity contribution in [2.75, 3.05) is 11.4 Å². The van der Waals surface area contributed by atoms with Gasteiger partial charge in [0.2, 0.25) is 11.8 Å². The van der Waals surface area contributed by atoms with Crippen molar-refractivity contribution in [3.63, 3.8) is 0 Å². The number of carbonyl (C=O) groups excluding carboxylic acids is 3. The molecule has 3 N–H and O–H groups in total. The highest BCUT2D eigenvalue weighted by atomic mass is 16.7. The van der Waals surface area contributed by atoms with Crippen LogP contribution in [0.25, 0.3) is 0 Å². The number of phenolic OH excluding ortho intramolecular Hbond substituents is 1. The van der Waals surface area contributed by atoms with Crippen LogP contribution in [0.5, 0.6) is 5.75 Å². The molecule has 3 atom stereocenters. The molecule has 150 valence electrons. The first kappa shape index (κ1) is 19.1. The quantitative estimate of drug-likeness (QED) is 0.738. The number of phenols is 1. The van der Waals surface area contributed by atoms with Crippen molar-refractivity contribution in [2.24, 2.45) is 11.7 Å². The molecule has 29 heavy (non-hydrogen) atoms. The van der Waals surface area contributed by atoms with Crippen molar-refractivity contribution in [1.82, 2.24) is 5.06 Å². The number of hydrogen-bond donors (Lipinski definition) is 2. The molecule has 2 aliphatic heterocycles. The fraction of sp³-hybridized carbons (Fsp3) is 0.286. The number of carbonyl (C=O) groups is 3. The largest absolute Gasteiger partial charge is 0.508 e. The van der Waals surface area contributed by atoms with Crippen LogP contribution in [-0.2, 0) is 25.6 Å². The minimum atomic E-state index is -1.06. The molecule has 2 aromatic rings. The first-order valence-corrected chi connectivity index (χ1v) is 9.38. The van der Waals surface area contributed by atoms with Crippen molar-refractivity contribution >= 4 is 23.4 Å². The number of nitrogens with two attached hydrogens (primary N) is 1. The zero-order valence-corrected chi connectivity index (χ0v) is 15.8. The number of aryl methyl sites for hydroxylation is 1. The maximum atomic E-state index is 13.3. The Hall–Kier alpha value is -3.23. The zero-order valence-electron chi connectivity index (χ0n) is 15.8. The van der Waals surface area contributed by atoms with Gasteiger partial charge in [0.1, 0.15) is 12.3 Å². The van der Waals surface area contributed by atoms with E-state index in [-0.39, 0.29) is 12.3 Å². The van der Waals surface area contributed by atoms with E-state index >= 15 is 0 Å². The molecular formula is C21H21N3O5. The van der Waals surface area contributed by atoms with Gasteiger partial charge in [-0.15, -0.1) is 0 Å². The molecule has 0 aromatic heterocycles. The molecule has 2 saturated heterocycles. The second-order valence-corrected chi connectivity index (χ2v) is 7.17. The lowest BCUT2D eigenvalue weighted by molar-refractivity contribution is -0.175. The monoisotopic (exact) mass is 395 g/mol. The van der Waals surface area contributed by atoms with E-state index in [9.17, 15) is 19.5 Å². The number of amides is 3. The Morgan fingerprint density at radius 2 is 1.86 bits per heavy atom. The number of hydrogen-bond acceptors (Lipinski definition) is 6. The van der Waals surface area contributed by atoms with Gasteiger partial charge in [0.25, 0.3) is 5.91 Å². The fourth-order valence-corrected chi connectivity index (χ4v) is 3.98. The predicted octanol–water partition coefficient (Wildman–Crippen LogP) is 1.29. The van der Waals surface area contributed by atoms with Crippen LogP contribution in [0, 0.1) is 5.92 Å². The van der Waals surface area contributed by atoms with Crippen molar-refractivity contribution < 1.29 is 24.3 Å². The number of rotatable bonds is 5. The van der Waals surface area contributed by atoms with Gasteiger partial charge in [-0.3, -0.25) is 19.2 Å². The molecule has 2 aromatic carbocycles. The molecule has 4 rings (SSSR count). The number of primary amides is 1. The first-order valence-electron chi connectivity index (χ1n) is 9.38. The van der Waals surface area contributed by atoms with Crippen molar-refractivity contribution in [3.8, 4) is 5.75 Å². The highest BCUT2D eigenvalue weighted by molar-refractivity contribution is 6.23. The minimum absolute atomic E-state index is 0.00811. The van der Waals surface area contributed by atoms with E-state index in [1.807, 2.05) is 19.1 Å². The van der Waals surface area contributed by atoms with E-state index in [1.54, 1.807) is 24.3 Å². The van der Waals surface area contributed by atoms with Gasteiger partial charge in [-0.2, -0.15) is 5.06 Å². The van der Waals surface area contributed by atoms with Crippen LogP contribution in [0.15, 0.2) is 48.5 Å². The maximum absolute atomic E-state index is 13.3. The molecule has 2 aliphatic rings. The summed E-state index contributed by atoms with van der Waals surface area (Å²) in [6.07, 6.45) is -0.210. The van der Waals surface area contributed by atoms with E-state index < -0.39 is 35.8 Å². The van der Waals surface area contributed by atoms with E-state index in [0.717, 1.165) is 16.9 Å². The molecule has 0 aliphatic carbocycles. The summed E-state index contributed by atoms with van der Waals surface area (Å²) in [7, 11) is 0. The molecule has 3 amide bonds. The van der Waals surface area contributed by atoms with Crippen molar-refractivity contribution in [3.05, 3.63) is 59.7 Å². The molecule has 2 heterocycles. The summed E-state index contributed by atoms with van der Waals surface area (Å²) < 4.78 is 0. The summed E-state index contributed by atoms with van der Waals surface area (Å²) in [6.45, 7) is 1.74. The van der Waals surface area contributed by atoms with Crippen molar-refractivity contribution in [1.29, 1.82) is 0 Å². The number of anilines is 1. The Morgan fingerprint density at radius 1 is 1.14 bits per heavy atom. The van der Waals surface area contributed by atoms with E-state index in [4.69, 9.17) is 10.6 Å². The average molecular weight is 395 g/mol. The minimum Gasteiger partial charge on any atom is -0.508 e. The Bertz CT molecular complexity index is 975. The third-order valence-electron chi connectivity index (χ3n) is 5.32. The molecule has 8 nitrogen and oxygen atoms in total. The van der Waals surface area contributed by atoms with Crippen LogP contribution < -0.4 is 10.6 Å². The molecule has 3 unspecified atom stereocenters. The maximum Gasteiger partial charge on any atom is 0.265 e. The number of hydroxylamine groups is 2. The van der Waals surface area contributed by atoms with Gasteiger partial charge in [0.15, 0.2) is 6.10 Å². The number of nitrogens with zero attached hydrogens (tertiary/aromatic N) is 2. The van der Waals surface area contributed by atoms with Crippen LogP contribution in [0.4, 0.5) is 5.69 Å². The second kappa shape index (κ2) is 7.31. The van der Waals surface area contributed by atoms with Gasteiger partial charge in [-0.1, -0.05) is 31.2 Å². The van der Waals surface area contributed by atoms with Gasteiger partial charge in [0, 0.05) is 0 Å². The summed E-state index contributed by atoms with van der Waals surface area (Å²) in [5.74, 6) is -2.39. The third kappa shape index (κ3) is 3.26. The summed E-state index contributed by atoms with van der Waals surface area (Å²) in [6, 6.07) is 12.8. The molecule has 8 heteroatoms. The standard InChI is InChI=1S/C21H21N3O5/c1-2-12-6-8-14(9-7-12)24-20(27)17-18(13-4-3-5-15(25)10-13)23(11-16(22)26)29-19(17)21(24)28/h3-10,17-19,25H,2,11H2,1H3,(H2,22,26). The lowest BCUT2D eigenvalue weighted by Gasteiger charge is -2.26. The lowest BCUT2D eigenvalue weighted by Crippen LogP contribution is -2.40. The number of fused-ring (bicyclic) bond motifs is 1. The highest BCUT2D eigenvalue weighted by Gasteiger charge is 2.60. The van der Waals surface area contributed by atoms with Gasteiger partial charge >= 0.3 is 0 Å². The van der Waals surface area contributed by atoms with Gasteiger partial charge in [-0.05, 0) is 41.8 Å². The van der Waals surface area contributed by atoms with Crippen LogP contribution in [0.2, 0.25) is 0 Å². The van der Waals surface area contributed by atoms with Gasteiger partial charge in [-0.25, -0.2) is 4.90 Å². The Balaban J connectivity index is 1.72. The summed E-state index contributed by atoms with van der Waals surface area (Å²) in [5.41, 5.74) is 7.45. The van der Waals surface area contributed by atoms with Crippen molar-refractivity contribution in [2.45, 2.75) is 25.5 Å². The van der Waals surface area contributed by atoms with E-state index in [2.05, 4.69) is 0 Å². The lowest BCUT2D eigenvalue weighted by atomic mass is 9.90. The predicted molar refractivity (Wildman–Crippen MR) is 103 cm³/mol. The van der Waals surface area contributed by atoms with Crippen LogP contribution in [0.3, 0.4) is 0 Å². The Morgan fingerprint density at radius 3 is 2.48 bits per heavy atom. The van der Waals surface area contributed by atoms with Crippen LogP contribution in [-0.4, -0.2) is 40.5 Å². The molecule has 0 spiro atoms. The molecule has 0 saturated carbocycles. The topological polar surface area (TPSA) is 113 Å². The molecular weight excluding hydrogens is 374 g/mol.